The molecule has 0 aliphatic rings. The third-order valence-electron chi connectivity index (χ3n) is 2.92. The number of nitrogens with one attached hydrogen (secondary N) is 1. The molecule has 0 aliphatic carbocycles. The molecule has 0 atom stereocenters. The van der Waals surface area contributed by atoms with Crippen LogP contribution in [0.25, 0.3) is 22.0 Å². The van der Waals surface area contributed by atoms with Crippen LogP contribution in [0.4, 0.5) is 4.39 Å². The highest BCUT2D eigenvalue weighted by Crippen LogP contribution is 2.21. The van der Waals surface area contributed by atoms with Gasteiger partial charge in [0.25, 0.3) is 5.56 Å². The van der Waals surface area contributed by atoms with E-state index in [4.69, 9.17) is 0 Å². The Balaban J connectivity index is 2.34. The van der Waals surface area contributed by atoms with E-state index in [1.165, 1.54) is 12.1 Å². The zero-order valence-corrected chi connectivity index (χ0v) is 9.48. The molecular weight excluding hydrogens is 229 g/mol. The van der Waals surface area contributed by atoms with Gasteiger partial charge in [-0.15, -0.1) is 0 Å². The van der Waals surface area contributed by atoms with Gasteiger partial charge in [-0.1, -0.05) is 36.4 Å². The lowest BCUT2D eigenvalue weighted by atomic mass is 10.1. The van der Waals surface area contributed by atoms with Gasteiger partial charge < -0.3 is 4.98 Å². The molecule has 0 saturated carbocycles. The summed E-state index contributed by atoms with van der Waals surface area (Å²) in [5.41, 5.74) is 1.21. The molecule has 0 saturated heterocycles. The standard InChI is InChI=1S/C15H10FNO/c16-13-8-4-7-11-12(13)9-14(17-15(11)18)10-5-2-1-3-6-10/h1-9H,(H,17,18). The predicted octanol–water partition coefficient (Wildman–Crippen LogP) is 3.33. The molecule has 0 aliphatic heterocycles. The zero-order valence-electron chi connectivity index (χ0n) is 9.48. The van der Waals surface area contributed by atoms with Crippen molar-refractivity contribution in [3.63, 3.8) is 0 Å². The molecule has 3 aromatic rings. The van der Waals surface area contributed by atoms with Gasteiger partial charge in [0.1, 0.15) is 5.82 Å². The van der Waals surface area contributed by atoms with Crippen molar-refractivity contribution in [2.45, 2.75) is 0 Å². The summed E-state index contributed by atoms with van der Waals surface area (Å²) in [6, 6.07) is 15.6. The van der Waals surface area contributed by atoms with Crippen LogP contribution in [0.5, 0.6) is 0 Å². The number of aromatic nitrogens is 1. The fraction of sp³-hybridized carbons (Fsp3) is 0. The van der Waals surface area contributed by atoms with Crippen molar-refractivity contribution in [2.24, 2.45) is 0 Å². The first kappa shape index (κ1) is 10.7. The number of rotatable bonds is 1. The Kier molecular flexibility index (Phi) is 2.45. The summed E-state index contributed by atoms with van der Waals surface area (Å²) in [6.07, 6.45) is 0. The number of hydrogen-bond donors (Lipinski definition) is 1. The van der Waals surface area contributed by atoms with Crippen molar-refractivity contribution in [2.75, 3.05) is 0 Å². The molecular formula is C15H10FNO. The average Bonchev–Trinajstić information content (AvgIpc) is 2.41. The van der Waals surface area contributed by atoms with Crippen LogP contribution >= 0.6 is 0 Å². The molecule has 18 heavy (non-hydrogen) atoms. The second-order valence-electron chi connectivity index (χ2n) is 4.08. The molecule has 3 rings (SSSR count). The average molecular weight is 239 g/mol. The molecule has 0 amide bonds. The van der Waals surface area contributed by atoms with E-state index < -0.39 is 0 Å². The van der Waals surface area contributed by atoms with Crippen LogP contribution in [0.2, 0.25) is 0 Å². The van der Waals surface area contributed by atoms with E-state index in [1.807, 2.05) is 30.3 Å². The first-order valence-electron chi connectivity index (χ1n) is 5.63. The first-order chi connectivity index (χ1) is 8.75. The smallest absolute Gasteiger partial charge is 0.256 e. The van der Waals surface area contributed by atoms with Crippen molar-refractivity contribution >= 4 is 10.8 Å². The molecule has 0 bridgehead atoms. The Labute approximate surface area is 103 Å². The van der Waals surface area contributed by atoms with E-state index in [1.54, 1.807) is 12.1 Å². The lowest BCUT2D eigenvalue weighted by molar-refractivity contribution is 0.639. The first-order valence-corrected chi connectivity index (χ1v) is 5.63. The van der Waals surface area contributed by atoms with Crippen molar-refractivity contribution < 1.29 is 4.39 Å². The fourth-order valence-corrected chi connectivity index (χ4v) is 2.03. The summed E-state index contributed by atoms with van der Waals surface area (Å²) >= 11 is 0. The van der Waals surface area contributed by atoms with Crippen LogP contribution in [0.1, 0.15) is 0 Å². The maximum Gasteiger partial charge on any atom is 0.256 e. The molecule has 88 valence electrons. The molecule has 1 N–H and O–H groups in total. The largest absolute Gasteiger partial charge is 0.321 e. The van der Waals surface area contributed by atoms with Gasteiger partial charge in [0.05, 0.1) is 0 Å². The Morgan fingerprint density at radius 3 is 2.44 bits per heavy atom. The van der Waals surface area contributed by atoms with Gasteiger partial charge in [0.15, 0.2) is 0 Å². The number of pyridine rings is 1. The fourth-order valence-electron chi connectivity index (χ4n) is 2.03. The predicted molar refractivity (Wildman–Crippen MR) is 70.0 cm³/mol. The highest BCUT2D eigenvalue weighted by molar-refractivity contribution is 5.85. The molecule has 0 fully saturated rings. The lowest BCUT2D eigenvalue weighted by Crippen LogP contribution is -2.07. The summed E-state index contributed by atoms with van der Waals surface area (Å²) in [5.74, 6) is -0.379. The second kappa shape index (κ2) is 4.11. The maximum absolute atomic E-state index is 13.7. The van der Waals surface area contributed by atoms with E-state index in [0.717, 1.165) is 5.56 Å². The number of fused-ring (bicyclic) bond motifs is 1. The van der Waals surface area contributed by atoms with Gasteiger partial charge in [-0.05, 0) is 23.8 Å². The summed E-state index contributed by atoms with van der Waals surface area (Å²) in [6.45, 7) is 0. The van der Waals surface area contributed by atoms with E-state index in [2.05, 4.69) is 4.98 Å². The number of aromatic amines is 1. The minimum atomic E-state index is -0.379. The molecule has 2 nitrogen and oxygen atoms in total. The van der Waals surface area contributed by atoms with Gasteiger partial charge in [-0.3, -0.25) is 4.79 Å². The Morgan fingerprint density at radius 1 is 0.889 bits per heavy atom. The van der Waals surface area contributed by atoms with Crippen LogP contribution < -0.4 is 5.56 Å². The van der Waals surface area contributed by atoms with Crippen molar-refractivity contribution in [3.05, 3.63) is 70.8 Å². The van der Waals surface area contributed by atoms with Gasteiger partial charge in [-0.25, -0.2) is 4.39 Å². The van der Waals surface area contributed by atoms with E-state index in [9.17, 15) is 9.18 Å². The zero-order chi connectivity index (χ0) is 12.5. The number of hydrogen-bond acceptors (Lipinski definition) is 1. The molecule has 1 aromatic heterocycles. The van der Waals surface area contributed by atoms with Crippen molar-refractivity contribution in [1.82, 2.24) is 4.98 Å². The monoisotopic (exact) mass is 239 g/mol. The van der Waals surface area contributed by atoms with Crippen molar-refractivity contribution in [1.29, 1.82) is 0 Å². The molecule has 0 spiro atoms. The Bertz CT molecular complexity index is 762. The van der Waals surface area contributed by atoms with Crippen LogP contribution in [-0.2, 0) is 0 Å². The Hall–Kier alpha value is -2.42. The third-order valence-corrected chi connectivity index (χ3v) is 2.92. The number of benzene rings is 2. The lowest BCUT2D eigenvalue weighted by Gasteiger charge is -2.04. The highest BCUT2D eigenvalue weighted by Gasteiger charge is 2.06. The topological polar surface area (TPSA) is 32.9 Å². The van der Waals surface area contributed by atoms with E-state index >= 15 is 0 Å². The van der Waals surface area contributed by atoms with Crippen molar-refractivity contribution in [3.8, 4) is 11.3 Å². The van der Waals surface area contributed by atoms with Crippen LogP contribution in [-0.4, -0.2) is 4.98 Å². The SMILES string of the molecule is O=c1[nH]c(-c2ccccc2)cc2c(F)cccc12. The molecule has 1 heterocycles. The van der Waals surface area contributed by atoms with Crippen LogP contribution in [0.3, 0.4) is 0 Å². The summed E-state index contributed by atoms with van der Waals surface area (Å²) < 4.78 is 13.7. The number of halogens is 1. The summed E-state index contributed by atoms with van der Waals surface area (Å²) in [5, 5.41) is 0.717. The van der Waals surface area contributed by atoms with Gasteiger partial charge in [0.2, 0.25) is 0 Å². The van der Waals surface area contributed by atoms with Crippen LogP contribution in [0, 0.1) is 5.82 Å². The summed E-state index contributed by atoms with van der Waals surface area (Å²) in [7, 11) is 0. The third kappa shape index (κ3) is 1.70. The number of H-pyrrole nitrogens is 1. The van der Waals surface area contributed by atoms with E-state index in [0.29, 0.717) is 16.5 Å². The molecule has 2 aromatic carbocycles. The van der Waals surface area contributed by atoms with E-state index in [-0.39, 0.29) is 11.4 Å². The minimum Gasteiger partial charge on any atom is -0.321 e. The molecule has 0 radical (unpaired) electrons. The normalized spacial score (nSPS) is 10.7. The van der Waals surface area contributed by atoms with Crippen LogP contribution in [0.15, 0.2) is 59.4 Å². The highest BCUT2D eigenvalue weighted by atomic mass is 19.1. The van der Waals surface area contributed by atoms with Gasteiger partial charge in [-0.2, -0.15) is 0 Å². The van der Waals surface area contributed by atoms with Gasteiger partial charge in [0, 0.05) is 16.5 Å². The summed E-state index contributed by atoms with van der Waals surface area (Å²) in [4.78, 5) is 14.7. The maximum atomic E-state index is 13.7. The van der Waals surface area contributed by atoms with Gasteiger partial charge >= 0.3 is 0 Å². The Morgan fingerprint density at radius 2 is 1.67 bits per heavy atom. The quantitative estimate of drug-likeness (QED) is 0.694. The minimum absolute atomic E-state index is 0.272. The molecule has 0 unspecified atom stereocenters. The second-order valence-corrected chi connectivity index (χ2v) is 4.08. The molecule has 3 heteroatoms.